The van der Waals surface area contributed by atoms with Crippen LogP contribution in [0.5, 0.6) is 0 Å². The topological polar surface area (TPSA) is 73.7 Å². The largest absolute Gasteiger partial charge is 0.462 e. The van der Waals surface area contributed by atoms with Crippen molar-refractivity contribution in [2.24, 2.45) is 0 Å². The molecule has 0 aliphatic carbocycles. The van der Waals surface area contributed by atoms with E-state index >= 15 is 0 Å². The van der Waals surface area contributed by atoms with Crippen LogP contribution in [0.1, 0.15) is 51.1 Å². The lowest BCUT2D eigenvalue weighted by Gasteiger charge is -2.25. The maximum absolute atomic E-state index is 13.3. The van der Waals surface area contributed by atoms with Crippen molar-refractivity contribution in [1.82, 2.24) is 14.7 Å². The lowest BCUT2D eigenvalue weighted by atomic mass is 10.1. The van der Waals surface area contributed by atoms with Gasteiger partial charge >= 0.3 is 5.97 Å². The van der Waals surface area contributed by atoms with E-state index in [1.165, 1.54) is 6.20 Å². The van der Waals surface area contributed by atoms with Crippen LogP contribution in [0.25, 0.3) is 5.69 Å². The fourth-order valence-electron chi connectivity index (χ4n) is 3.85. The molecule has 0 spiro atoms. The molecule has 7 nitrogen and oxygen atoms in total. The van der Waals surface area contributed by atoms with Crippen molar-refractivity contribution in [2.45, 2.75) is 39.3 Å². The number of rotatable bonds is 8. The van der Waals surface area contributed by atoms with Gasteiger partial charge in [0.15, 0.2) is 0 Å². The maximum Gasteiger partial charge on any atom is 0.341 e. The number of amides is 1. The SMILES string of the molecule is CCOC(=O)c1cnn(-c2ccc(C(=O)N(Cc3cccs3)CC3CCCO3)cc2)c1C. The summed E-state index contributed by atoms with van der Waals surface area (Å²) in [6.45, 7) is 5.82. The molecular weight excluding hydrogens is 426 g/mol. The highest BCUT2D eigenvalue weighted by atomic mass is 32.1. The average molecular weight is 454 g/mol. The molecule has 4 rings (SSSR count). The molecule has 8 heteroatoms. The molecular formula is C24H27N3O4S. The molecule has 32 heavy (non-hydrogen) atoms. The molecule has 0 N–H and O–H groups in total. The first-order chi connectivity index (χ1) is 15.6. The molecule has 0 bridgehead atoms. The van der Waals surface area contributed by atoms with E-state index in [1.807, 2.05) is 41.5 Å². The van der Waals surface area contributed by atoms with Crippen LogP contribution in [-0.4, -0.2) is 52.4 Å². The standard InChI is InChI=1S/C24H27N3O4S/c1-3-30-24(29)22-14-25-27(17(22)2)19-10-8-18(9-11-19)23(28)26(15-20-6-4-12-31-20)16-21-7-5-13-32-21/h5,7-11,13-14,20H,3-4,6,12,15-16H2,1-2H3. The third kappa shape index (κ3) is 4.92. The van der Waals surface area contributed by atoms with Gasteiger partial charge in [0.1, 0.15) is 5.56 Å². The van der Waals surface area contributed by atoms with Gasteiger partial charge in [-0.2, -0.15) is 5.10 Å². The summed E-state index contributed by atoms with van der Waals surface area (Å²) < 4.78 is 12.5. The third-order valence-electron chi connectivity index (χ3n) is 5.53. The molecule has 2 aromatic heterocycles. The summed E-state index contributed by atoms with van der Waals surface area (Å²) in [4.78, 5) is 28.4. The first kappa shape index (κ1) is 22.2. The van der Waals surface area contributed by atoms with Gasteiger partial charge in [-0.1, -0.05) is 6.07 Å². The highest BCUT2D eigenvalue weighted by Gasteiger charge is 2.24. The number of hydrogen-bond donors (Lipinski definition) is 0. The number of carbonyl (C=O) groups excluding carboxylic acids is 2. The molecule has 168 valence electrons. The minimum atomic E-state index is -0.388. The molecule has 3 aromatic rings. The Morgan fingerprint density at radius 1 is 1.28 bits per heavy atom. The van der Waals surface area contributed by atoms with Crippen molar-refractivity contribution >= 4 is 23.2 Å². The Hall–Kier alpha value is -2.97. The van der Waals surface area contributed by atoms with Crippen molar-refractivity contribution in [3.8, 4) is 5.69 Å². The second-order valence-corrected chi connectivity index (χ2v) is 8.76. The lowest BCUT2D eigenvalue weighted by Crippen LogP contribution is -2.36. The van der Waals surface area contributed by atoms with Gasteiger partial charge in [0.2, 0.25) is 0 Å². The fraction of sp³-hybridized carbons (Fsp3) is 0.375. The predicted molar refractivity (Wildman–Crippen MR) is 122 cm³/mol. The van der Waals surface area contributed by atoms with Crippen molar-refractivity contribution in [3.63, 3.8) is 0 Å². The van der Waals surface area contributed by atoms with Crippen LogP contribution in [0.15, 0.2) is 48.0 Å². The van der Waals surface area contributed by atoms with Crippen LogP contribution in [0.2, 0.25) is 0 Å². The molecule has 0 radical (unpaired) electrons. The highest BCUT2D eigenvalue weighted by molar-refractivity contribution is 7.09. The van der Waals surface area contributed by atoms with Gasteiger partial charge in [0.05, 0.1) is 36.8 Å². The Bertz CT molecular complexity index is 1050. The number of esters is 1. The molecule has 1 unspecified atom stereocenters. The second kappa shape index (κ2) is 10.1. The van der Waals surface area contributed by atoms with E-state index < -0.39 is 0 Å². The lowest BCUT2D eigenvalue weighted by molar-refractivity contribution is 0.0508. The number of hydrogen-bond acceptors (Lipinski definition) is 6. The van der Waals surface area contributed by atoms with Gasteiger partial charge in [-0.15, -0.1) is 11.3 Å². The number of carbonyl (C=O) groups is 2. The third-order valence-corrected chi connectivity index (χ3v) is 6.39. The monoisotopic (exact) mass is 453 g/mol. The van der Waals surface area contributed by atoms with Crippen LogP contribution >= 0.6 is 11.3 Å². The first-order valence-corrected chi connectivity index (χ1v) is 11.7. The molecule has 1 atom stereocenters. The smallest absolute Gasteiger partial charge is 0.341 e. The van der Waals surface area contributed by atoms with E-state index in [2.05, 4.69) is 5.10 Å². The van der Waals surface area contributed by atoms with E-state index in [4.69, 9.17) is 9.47 Å². The molecule has 1 saturated heterocycles. The molecule has 1 amide bonds. The molecule has 1 aromatic carbocycles. The molecule has 0 saturated carbocycles. The van der Waals surface area contributed by atoms with E-state index in [0.717, 1.165) is 30.0 Å². The van der Waals surface area contributed by atoms with Gasteiger partial charge in [0, 0.05) is 23.6 Å². The number of aromatic nitrogens is 2. The summed E-state index contributed by atoms with van der Waals surface area (Å²) in [5.41, 5.74) is 2.52. The molecule has 1 fully saturated rings. The number of benzene rings is 1. The zero-order valence-electron chi connectivity index (χ0n) is 18.3. The van der Waals surface area contributed by atoms with Crippen LogP contribution in [0.3, 0.4) is 0 Å². The Morgan fingerprint density at radius 2 is 2.09 bits per heavy atom. The summed E-state index contributed by atoms with van der Waals surface area (Å²) >= 11 is 1.65. The zero-order chi connectivity index (χ0) is 22.5. The van der Waals surface area contributed by atoms with Crippen molar-refractivity contribution in [2.75, 3.05) is 19.8 Å². The molecule has 1 aliphatic heterocycles. The van der Waals surface area contributed by atoms with Crippen LogP contribution in [0.4, 0.5) is 0 Å². The van der Waals surface area contributed by atoms with E-state index in [-0.39, 0.29) is 18.0 Å². The van der Waals surface area contributed by atoms with Crippen LogP contribution in [0, 0.1) is 6.92 Å². The molecule has 1 aliphatic rings. The summed E-state index contributed by atoms with van der Waals surface area (Å²) in [6, 6.07) is 11.3. The summed E-state index contributed by atoms with van der Waals surface area (Å²) in [5.74, 6) is -0.411. The summed E-state index contributed by atoms with van der Waals surface area (Å²) in [5, 5.41) is 6.35. The Labute approximate surface area is 191 Å². The van der Waals surface area contributed by atoms with Gasteiger partial charge in [0.25, 0.3) is 5.91 Å². The van der Waals surface area contributed by atoms with Gasteiger partial charge in [-0.05, 0) is 62.4 Å². The quantitative estimate of drug-likeness (QED) is 0.477. The first-order valence-electron chi connectivity index (χ1n) is 10.8. The van der Waals surface area contributed by atoms with Gasteiger partial charge in [-0.3, -0.25) is 4.79 Å². The zero-order valence-corrected chi connectivity index (χ0v) is 19.1. The van der Waals surface area contributed by atoms with E-state index in [0.29, 0.717) is 36.5 Å². The maximum atomic E-state index is 13.3. The molecule has 3 heterocycles. The van der Waals surface area contributed by atoms with Crippen molar-refractivity contribution < 1.29 is 19.1 Å². The van der Waals surface area contributed by atoms with Gasteiger partial charge < -0.3 is 14.4 Å². The number of thiophene rings is 1. The average Bonchev–Trinajstić information content (AvgIpc) is 3.56. The van der Waals surface area contributed by atoms with Gasteiger partial charge in [-0.25, -0.2) is 9.48 Å². The Morgan fingerprint density at radius 3 is 2.75 bits per heavy atom. The normalized spacial score (nSPS) is 15.6. The van der Waals surface area contributed by atoms with Crippen LogP contribution in [-0.2, 0) is 16.0 Å². The van der Waals surface area contributed by atoms with Crippen LogP contribution < -0.4 is 0 Å². The van der Waals surface area contributed by atoms with Crippen molar-refractivity contribution in [1.29, 1.82) is 0 Å². The summed E-state index contributed by atoms with van der Waals surface area (Å²) in [6.07, 6.45) is 3.62. The predicted octanol–water partition coefficient (Wildman–Crippen LogP) is 4.24. The summed E-state index contributed by atoms with van der Waals surface area (Å²) in [7, 11) is 0. The van der Waals surface area contributed by atoms with Crippen molar-refractivity contribution in [3.05, 3.63) is 69.7 Å². The Kier molecular flexibility index (Phi) is 7.02. The highest BCUT2D eigenvalue weighted by Crippen LogP contribution is 2.21. The Balaban J connectivity index is 1.52. The minimum absolute atomic E-state index is 0.0233. The van der Waals surface area contributed by atoms with E-state index in [1.54, 1.807) is 35.1 Å². The second-order valence-electron chi connectivity index (χ2n) is 7.72. The number of nitrogens with zero attached hydrogens (tertiary/aromatic N) is 3. The fourth-order valence-corrected chi connectivity index (χ4v) is 4.57. The number of ether oxygens (including phenoxy) is 2. The minimum Gasteiger partial charge on any atom is -0.462 e. The van der Waals surface area contributed by atoms with E-state index in [9.17, 15) is 9.59 Å².